The second-order valence-corrected chi connectivity index (χ2v) is 6.19. The first-order valence-corrected chi connectivity index (χ1v) is 9.00. The van der Waals surface area contributed by atoms with Crippen LogP contribution in [0.4, 0.5) is 13.2 Å². The summed E-state index contributed by atoms with van der Waals surface area (Å²) < 4.78 is 49.6. The number of hydrogen-bond acceptors (Lipinski definition) is 4. The van der Waals surface area contributed by atoms with Crippen LogP contribution in [0.2, 0.25) is 0 Å². The third-order valence-corrected chi connectivity index (χ3v) is 4.01. The van der Waals surface area contributed by atoms with Crippen LogP contribution in [0.5, 0.6) is 0 Å². The predicted molar refractivity (Wildman–Crippen MR) is 96.3 cm³/mol. The Hall–Kier alpha value is -2.83. The van der Waals surface area contributed by atoms with E-state index in [9.17, 15) is 22.8 Å². The Morgan fingerprint density at radius 2 is 1.43 bits per heavy atom. The van der Waals surface area contributed by atoms with Crippen LogP contribution in [0.3, 0.4) is 0 Å². The standard InChI is InChI=1S/C21H21F3O4/c1-2-3-4-7-10-27-20(25)15-8-5-6-9-16(15)21(26)28-13-14-11-17(22)19(24)18(23)12-14/h5-6,8-9,11-12H,2-4,7,10,13H2,1H3. The van der Waals surface area contributed by atoms with E-state index >= 15 is 0 Å². The van der Waals surface area contributed by atoms with Crippen LogP contribution in [-0.4, -0.2) is 18.5 Å². The third kappa shape index (κ3) is 5.84. The van der Waals surface area contributed by atoms with Crippen LogP contribution < -0.4 is 0 Å². The number of ether oxygens (including phenoxy) is 2. The van der Waals surface area contributed by atoms with Crippen molar-refractivity contribution in [3.05, 3.63) is 70.5 Å². The zero-order valence-electron chi connectivity index (χ0n) is 15.5. The molecule has 2 aromatic rings. The molecule has 4 nitrogen and oxygen atoms in total. The molecule has 0 amide bonds. The molecule has 0 aliphatic rings. The lowest BCUT2D eigenvalue weighted by Gasteiger charge is -2.10. The fourth-order valence-corrected chi connectivity index (χ4v) is 2.53. The molecule has 150 valence electrons. The summed E-state index contributed by atoms with van der Waals surface area (Å²) in [4.78, 5) is 24.5. The Kier molecular flexibility index (Phi) is 8.04. The molecule has 28 heavy (non-hydrogen) atoms. The molecular formula is C21H21F3O4. The Balaban J connectivity index is 2.01. The van der Waals surface area contributed by atoms with E-state index in [4.69, 9.17) is 9.47 Å². The molecule has 0 saturated heterocycles. The first-order valence-electron chi connectivity index (χ1n) is 9.00. The van der Waals surface area contributed by atoms with Crippen molar-refractivity contribution < 1.29 is 32.2 Å². The van der Waals surface area contributed by atoms with Crippen LogP contribution in [0.25, 0.3) is 0 Å². The maximum absolute atomic E-state index is 13.2. The molecule has 7 heteroatoms. The molecule has 0 aromatic heterocycles. The van der Waals surface area contributed by atoms with E-state index in [1.54, 1.807) is 12.1 Å². The minimum atomic E-state index is -1.60. The zero-order valence-corrected chi connectivity index (χ0v) is 15.5. The van der Waals surface area contributed by atoms with Crippen LogP contribution >= 0.6 is 0 Å². The van der Waals surface area contributed by atoms with Crippen molar-refractivity contribution in [3.8, 4) is 0 Å². The molecule has 0 unspecified atom stereocenters. The van der Waals surface area contributed by atoms with Crippen molar-refractivity contribution in [2.75, 3.05) is 6.61 Å². The highest BCUT2D eigenvalue weighted by Gasteiger charge is 2.19. The summed E-state index contributed by atoms with van der Waals surface area (Å²) in [5.74, 6) is -5.86. The van der Waals surface area contributed by atoms with E-state index in [1.807, 2.05) is 0 Å². The van der Waals surface area contributed by atoms with Gasteiger partial charge in [0.05, 0.1) is 17.7 Å². The topological polar surface area (TPSA) is 52.6 Å². The van der Waals surface area contributed by atoms with Gasteiger partial charge >= 0.3 is 11.9 Å². The maximum Gasteiger partial charge on any atom is 0.339 e. The first kappa shape index (κ1) is 21.5. The molecule has 0 radical (unpaired) electrons. The number of benzene rings is 2. The maximum atomic E-state index is 13.2. The second-order valence-electron chi connectivity index (χ2n) is 6.19. The number of halogens is 3. The minimum absolute atomic E-state index is 0.0240. The quantitative estimate of drug-likeness (QED) is 0.333. The van der Waals surface area contributed by atoms with E-state index in [0.29, 0.717) is 0 Å². The number of esters is 2. The Morgan fingerprint density at radius 1 is 0.857 bits per heavy atom. The van der Waals surface area contributed by atoms with Gasteiger partial charge in [0, 0.05) is 0 Å². The predicted octanol–water partition coefficient (Wildman–Crippen LogP) is 5.20. The Labute approximate surface area is 161 Å². The SMILES string of the molecule is CCCCCCOC(=O)c1ccccc1C(=O)OCc1cc(F)c(F)c(F)c1. The van der Waals surface area contributed by atoms with Gasteiger partial charge in [-0.15, -0.1) is 0 Å². The van der Waals surface area contributed by atoms with Crippen LogP contribution in [0, 0.1) is 17.5 Å². The zero-order chi connectivity index (χ0) is 20.5. The van der Waals surface area contributed by atoms with Crippen LogP contribution in [0.15, 0.2) is 36.4 Å². The van der Waals surface area contributed by atoms with Crippen LogP contribution in [-0.2, 0) is 16.1 Å². The molecule has 0 bridgehead atoms. The molecule has 0 spiro atoms. The van der Waals surface area contributed by atoms with E-state index in [1.165, 1.54) is 12.1 Å². The summed E-state index contributed by atoms with van der Waals surface area (Å²) in [7, 11) is 0. The van der Waals surface area contributed by atoms with Gasteiger partial charge in [0.2, 0.25) is 0 Å². The molecule has 0 N–H and O–H groups in total. The molecule has 0 heterocycles. The van der Waals surface area contributed by atoms with Crippen LogP contribution in [0.1, 0.15) is 58.9 Å². The van der Waals surface area contributed by atoms with Gasteiger partial charge < -0.3 is 9.47 Å². The van der Waals surface area contributed by atoms with Gasteiger partial charge in [0.25, 0.3) is 0 Å². The van der Waals surface area contributed by atoms with Gasteiger partial charge in [0.15, 0.2) is 17.5 Å². The average molecular weight is 394 g/mol. The lowest BCUT2D eigenvalue weighted by atomic mass is 10.1. The highest BCUT2D eigenvalue weighted by Crippen LogP contribution is 2.17. The summed E-state index contributed by atoms with van der Waals surface area (Å²) in [6.45, 7) is 1.84. The van der Waals surface area contributed by atoms with Gasteiger partial charge in [-0.3, -0.25) is 0 Å². The average Bonchev–Trinajstić information content (AvgIpc) is 2.69. The van der Waals surface area contributed by atoms with E-state index < -0.39 is 36.0 Å². The summed E-state index contributed by atoms with van der Waals surface area (Å²) >= 11 is 0. The van der Waals surface area contributed by atoms with Crippen molar-refractivity contribution in [2.24, 2.45) is 0 Å². The van der Waals surface area contributed by atoms with Gasteiger partial charge in [-0.05, 0) is 36.2 Å². The van der Waals surface area contributed by atoms with Crippen molar-refractivity contribution in [2.45, 2.75) is 39.2 Å². The molecule has 0 atom stereocenters. The molecule has 0 saturated carbocycles. The Morgan fingerprint density at radius 3 is 2.00 bits per heavy atom. The second kappa shape index (κ2) is 10.5. The first-order chi connectivity index (χ1) is 13.4. The third-order valence-electron chi connectivity index (χ3n) is 4.01. The smallest absolute Gasteiger partial charge is 0.339 e. The summed E-state index contributed by atoms with van der Waals surface area (Å²) in [6.07, 6.45) is 3.78. The van der Waals surface area contributed by atoms with Gasteiger partial charge in [0.1, 0.15) is 6.61 Å². The normalized spacial score (nSPS) is 10.6. The molecule has 2 aromatic carbocycles. The number of carbonyl (C=O) groups excluding carboxylic acids is 2. The summed E-state index contributed by atoms with van der Waals surface area (Å²) in [5.41, 5.74) is -0.0377. The molecule has 0 aliphatic carbocycles. The number of carbonyl (C=O) groups is 2. The van der Waals surface area contributed by atoms with Gasteiger partial charge in [-0.25, -0.2) is 22.8 Å². The fourth-order valence-electron chi connectivity index (χ4n) is 2.53. The molecule has 0 fully saturated rings. The van der Waals surface area contributed by atoms with Gasteiger partial charge in [-0.2, -0.15) is 0 Å². The highest BCUT2D eigenvalue weighted by atomic mass is 19.2. The monoisotopic (exact) mass is 394 g/mol. The lowest BCUT2D eigenvalue weighted by Crippen LogP contribution is -2.14. The largest absolute Gasteiger partial charge is 0.462 e. The van der Waals surface area contributed by atoms with E-state index in [2.05, 4.69) is 6.92 Å². The minimum Gasteiger partial charge on any atom is -0.462 e. The van der Waals surface area contributed by atoms with E-state index in [0.717, 1.165) is 37.8 Å². The van der Waals surface area contributed by atoms with Gasteiger partial charge in [-0.1, -0.05) is 38.3 Å². The molecular weight excluding hydrogens is 373 g/mol. The number of unbranched alkanes of at least 4 members (excludes halogenated alkanes) is 3. The van der Waals surface area contributed by atoms with Crippen molar-refractivity contribution in [1.29, 1.82) is 0 Å². The summed E-state index contributed by atoms with van der Waals surface area (Å²) in [6, 6.07) is 7.43. The molecule has 0 aliphatic heterocycles. The summed E-state index contributed by atoms with van der Waals surface area (Å²) in [5, 5.41) is 0. The number of rotatable bonds is 9. The van der Waals surface area contributed by atoms with Crippen molar-refractivity contribution in [1.82, 2.24) is 0 Å². The highest BCUT2D eigenvalue weighted by molar-refractivity contribution is 6.03. The molecule has 2 rings (SSSR count). The Bertz CT molecular complexity index is 813. The number of hydrogen-bond donors (Lipinski definition) is 0. The van der Waals surface area contributed by atoms with Crippen molar-refractivity contribution >= 4 is 11.9 Å². The van der Waals surface area contributed by atoms with E-state index in [-0.39, 0.29) is 23.3 Å². The van der Waals surface area contributed by atoms with Crippen molar-refractivity contribution in [3.63, 3.8) is 0 Å². The lowest BCUT2D eigenvalue weighted by molar-refractivity contribution is 0.0435. The fraction of sp³-hybridized carbons (Fsp3) is 0.333.